The normalized spacial score (nSPS) is 15.0. The molecule has 3 aromatic rings. The second-order valence-electron chi connectivity index (χ2n) is 6.84. The third kappa shape index (κ3) is 4.90. The Morgan fingerprint density at radius 2 is 1.65 bits per heavy atom. The van der Waals surface area contributed by atoms with Crippen molar-refractivity contribution < 1.29 is 17.9 Å². The number of hydrogen-bond acceptors (Lipinski definition) is 7. The summed E-state index contributed by atoms with van der Waals surface area (Å²) in [6.45, 7) is 1.70. The monoisotopic (exact) mass is 460 g/mol. The number of hydrogen-bond donors (Lipinski definition) is 0. The molecule has 0 spiro atoms. The minimum atomic E-state index is -3.56. The molecular formula is C21H21ClN4O4S. The Kier molecular flexibility index (Phi) is 6.26. The third-order valence-electron chi connectivity index (χ3n) is 4.91. The van der Waals surface area contributed by atoms with Gasteiger partial charge in [-0.2, -0.15) is 4.31 Å². The molecular weight excluding hydrogens is 440 g/mol. The zero-order valence-electron chi connectivity index (χ0n) is 16.8. The first-order chi connectivity index (χ1) is 15.0. The van der Waals surface area contributed by atoms with Gasteiger partial charge in [0.05, 0.1) is 12.0 Å². The van der Waals surface area contributed by atoms with Gasteiger partial charge in [0.25, 0.3) is 0 Å². The van der Waals surface area contributed by atoms with E-state index >= 15 is 0 Å². The van der Waals surface area contributed by atoms with Crippen LogP contribution in [-0.4, -0.2) is 56.0 Å². The summed E-state index contributed by atoms with van der Waals surface area (Å²) in [5.41, 5.74) is 0. The van der Waals surface area contributed by atoms with Gasteiger partial charge in [0.2, 0.25) is 15.9 Å². The number of piperazine rings is 1. The van der Waals surface area contributed by atoms with Crippen molar-refractivity contribution in [3.8, 4) is 17.4 Å². The van der Waals surface area contributed by atoms with Crippen LogP contribution in [0.25, 0.3) is 0 Å². The van der Waals surface area contributed by atoms with Gasteiger partial charge in [-0.1, -0.05) is 17.7 Å². The molecule has 0 amide bonds. The van der Waals surface area contributed by atoms with Crippen LogP contribution in [0, 0.1) is 0 Å². The van der Waals surface area contributed by atoms with Gasteiger partial charge < -0.3 is 14.4 Å². The lowest BCUT2D eigenvalue weighted by molar-refractivity contribution is 0.383. The molecule has 1 aromatic heterocycles. The van der Waals surface area contributed by atoms with E-state index in [0.717, 1.165) is 0 Å². The van der Waals surface area contributed by atoms with Gasteiger partial charge in [0.1, 0.15) is 23.6 Å². The number of rotatable bonds is 6. The van der Waals surface area contributed by atoms with Crippen molar-refractivity contribution in [2.45, 2.75) is 4.90 Å². The van der Waals surface area contributed by atoms with Crippen molar-refractivity contribution in [3.05, 3.63) is 65.9 Å². The molecule has 0 saturated carbocycles. The number of nitrogens with zero attached hydrogens (tertiary/aromatic N) is 4. The van der Waals surface area contributed by atoms with Gasteiger partial charge in [-0.25, -0.2) is 18.4 Å². The second kappa shape index (κ2) is 9.09. The van der Waals surface area contributed by atoms with Crippen molar-refractivity contribution in [1.82, 2.24) is 14.3 Å². The van der Waals surface area contributed by atoms with Crippen LogP contribution in [0.5, 0.6) is 17.4 Å². The molecule has 2 aromatic carbocycles. The molecule has 2 heterocycles. The van der Waals surface area contributed by atoms with Gasteiger partial charge in [0, 0.05) is 43.3 Å². The van der Waals surface area contributed by atoms with Crippen LogP contribution in [-0.2, 0) is 10.0 Å². The average molecular weight is 461 g/mol. The topological polar surface area (TPSA) is 84.9 Å². The standard InChI is InChI=1S/C21H21ClN4O4S/c1-29-17-3-2-4-18(13-17)30-21-14-20(23-15-24-21)25-9-11-26(12-10-25)31(27,28)19-7-5-16(22)6-8-19/h2-8,13-15H,9-12H2,1H3. The van der Waals surface area contributed by atoms with Crippen LogP contribution in [0.3, 0.4) is 0 Å². The Morgan fingerprint density at radius 3 is 2.35 bits per heavy atom. The Balaban J connectivity index is 1.43. The zero-order chi connectivity index (χ0) is 21.8. The summed E-state index contributed by atoms with van der Waals surface area (Å²) in [5.74, 6) is 2.36. The minimum absolute atomic E-state index is 0.237. The van der Waals surface area contributed by atoms with Gasteiger partial charge >= 0.3 is 0 Å². The van der Waals surface area contributed by atoms with Crippen LogP contribution < -0.4 is 14.4 Å². The molecule has 8 nitrogen and oxygen atoms in total. The highest BCUT2D eigenvalue weighted by Gasteiger charge is 2.29. The number of sulfonamides is 1. The van der Waals surface area contributed by atoms with Crippen LogP contribution in [0.4, 0.5) is 5.82 Å². The average Bonchev–Trinajstić information content (AvgIpc) is 2.80. The minimum Gasteiger partial charge on any atom is -0.497 e. The van der Waals surface area contributed by atoms with E-state index in [1.54, 1.807) is 31.4 Å². The fraction of sp³-hybridized carbons (Fsp3) is 0.238. The maximum Gasteiger partial charge on any atom is 0.243 e. The first kappa shape index (κ1) is 21.4. The summed E-state index contributed by atoms with van der Waals surface area (Å²) in [5, 5.41) is 0.500. The summed E-state index contributed by atoms with van der Waals surface area (Å²) in [4.78, 5) is 10.7. The van der Waals surface area contributed by atoms with Crippen molar-refractivity contribution in [2.75, 3.05) is 38.2 Å². The first-order valence-corrected chi connectivity index (χ1v) is 11.4. The number of ether oxygens (including phenoxy) is 2. The fourth-order valence-electron chi connectivity index (χ4n) is 3.26. The van der Waals surface area contributed by atoms with E-state index in [1.807, 2.05) is 23.1 Å². The molecule has 1 aliphatic rings. The molecule has 10 heteroatoms. The summed E-state index contributed by atoms with van der Waals surface area (Å²) in [7, 11) is -1.97. The number of halogens is 1. The third-order valence-corrected chi connectivity index (χ3v) is 7.07. The molecule has 1 saturated heterocycles. The van der Waals surface area contributed by atoms with E-state index in [9.17, 15) is 8.42 Å². The lowest BCUT2D eigenvalue weighted by Crippen LogP contribution is -2.48. The lowest BCUT2D eigenvalue weighted by atomic mass is 10.3. The van der Waals surface area contributed by atoms with Gasteiger partial charge in [-0.3, -0.25) is 0 Å². The zero-order valence-corrected chi connectivity index (χ0v) is 18.4. The highest BCUT2D eigenvalue weighted by Crippen LogP contribution is 2.26. The van der Waals surface area contributed by atoms with E-state index in [4.69, 9.17) is 21.1 Å². The number of aromatic nitrogens is 2. The highest BCUT2D eigenvalue weighted by molar-refractivity contribution is 7.89. The van der Waals surface area contributed by atoms with E-state index in [-0.39, 0.29) is 4.90 Å². The van der Waals surface area contributed by atoms with E-state index in [2.05, 4.69) is 9.97 Å². The number of methoxy groups -OCH3 is 1. The van der Waals surface area contributed by atoms with E-state index in [1.165, 1.54) is 22.8 Å². The maximum atomic E-state index is 12.9. The number of benzene rings is 2. The smallest absolute Gasteiger partial charge is 0.243 e. The summed E-state index contributed by atoms with van der Waals surface area (Å²) < 4.78 is 38.2. The largest absolute Gasteiger partial charge is 0.497 e. The molecule has 0 N–H and O–H groups in total. The van der Waals surface area contributed by atoms with Crippen molar-refractivity contribution in [1.29, 1.82) is 0 Å². The Hall–Kier alpha value is -2.88. The maximum absolute atomic E-state index is 12.9. The molecule has 0 unspecified atom stereocenters. The quantitative estimate of drug-likeness (QED) is 0.557. The fourth-order valence-corrected chi connectivity index (χ4v) is 4.81. The summed E-state index contributed by atoms with van der Waals surface area (Å²) in [6, 6.07) is 15.2. The van der Waals surface area contributed by atoms with Crippen LogP contribution in [0.15, 0.2) is 65.8 Å². The molecule has 0 atom stereocenters. The van der Waals surface area contributed by atoms with Gasteiger partial charge in [-0.05, 0) is 36.4 Å². The SMILES string of the molecule is COc1cccc(Oc2cc(N3CCN(S(=O)(=O)c4ccc(Cl)cc4)CC3)ncn2)c1. The molecule has 1 aliphatic heterocycles. The summed E-state index contributed by atoms with van der Waals surface area (Å²) in [6.07, 6.45) is 1.43. The van der Waals surface area contributed by atoms with Crippen LogP contribution >= 0.6 is 11.6 Å². The van der Waals surface area contributed by atoms with Crippen molar-refractivity contribution in [3.63, 3.8) is 0 Å². The predicted octanol–water partition coefficient (Wildman–Crippen LogP) is 3.44. The van der Waals surface area contributed by atoms with Crippen LogP contribution in [0.1, 0.15) is 0 Å². The summed E-state index contributed by atoms with van der Waals surface area (Å²) >= 11 is 5.87. The van der Waals surface area contributed by atoms with Gasteiger partial charge in [-0.15, -0.1) is 0 Å². The predicted molar refractivity (Wildman–Crippen MR) is 118 cm³/mol. The molecule has 0 radical (unpaired) electrons. The molecule has 1 fully saturated rings. The first-order valence-electron chi connectivity index (χ1n) is 9.60. The molecule has 0 aliphatic carbocycles. The molecule has 4 rings (SSSR count). The highest BCUT2D eigenvalue weighted by atomic mass is 35.5. The lowest BCUT2D eigenvalue weighted by Gasteiger charge is -2.34. The molecule has 31 heavy (non-hydrogen) atoms. The number of anilines is 1. The van der Waals surface area contributed by atoms with Crippen molar-refractivity contribution in [2.24, 2.45) is 0 Å². The second-order valence-corrected chi connectivity index (χ2v) is 9.21. The van der Waals surface area contributed by atoms with Crippen molar-refractivity contribution >= 4 is 27.4 Å². The Bertz CT molecular complexity index is 1150. The van der Waals surface area contributed by atoms with Crippen LogP contribution in [0.2, 0.25) is 5.02 Å². The van der Waals surface area contributed by atoms with Gasteiger partial charge in [0.15, 0.2) is 0 Å². The Labute approximate surface area is 186 Å². The molecule has 0 bridgehead atoms. The van der Waals surface area contributed by atoms with E-state index in [0.29, 0.717) is 54.4 Å². The molecule has 162 valence electrons. The Morgan fingerprint density at radius 1 is 0.935 bits per heavy atom. The van der Waals surface area contributed by atoms with E-state index < -0.39 is 10.0 Å².